The normalized spacial score (nSPS) is 17.1. The van der Waals surface area contributed by atoms with E-state index in [4.69, 9.17) is 0 Å². The highest BCUT2D eigenvalue weighted by Gasteiger charge is 2.19. The lowest BCUT2D eigenvalue weighted by atomic mass is 9.90. The van der Waals surface area contributed by atoms with Crippen LogP contribution in [0.3, 0.4) is 0 Å². The van der Waals surface area contributed by atoms with Gasteiger partial charge in [-0.05, 0) is 56.3 Å². The first-order chi connectivity index (χ1) is 9.22. The molecule has 1 unspecified atom stereocenters. The van der Waals surface area contributed by atoms with Crippen LogP contribution in [0.1, 0.15) is 50.6 Å². The minimum absolute atomic E-state index is 0.364. The molecule has 0 aromatic heterocycles. The largest absolute Gasteiger partial charge is 0.307 e. The van der Waals surface area contributed by atoms with Gasteiger partial charge in [-0.1, -0.05) is 56.5 Å². The van der Waals surface area contributed by atoms with Crippen molar-refractivity contribution >= 4 is 31.9 Å². The predicted molar refractivity (Wildman–Crippen MR) is 89.4 cm³/mol. The smallest absolute Gasteiger partial charge is 0.0547 e. The lowest BCUT2D eigenvalue weighted by Gasteiger charge is -2.26. The van der Waals surface area contributed by atoms with Crippen molar-refractivity contribution in [3.63, 3.8) is 0 Å². The summed E-state index contributed by atoms with van der Waals surface area (Å²) in [6.07, 6.45) is 8.72. The summed E-state index contributed by atoms with van der Waals surface area (Å²) in [7, 11) is 0. The summed E-state index contributed by atoms with van der Waals surface area (Å²) >= 11 is 7.24. The maximum Gasteiger partial charge on any atom is 0.0547 e. The molecule has 0 heterocycles. The van der Waals surface area contributed by atoms with Gasteiger partial charge >= 0.3 is 0 Å². The molecule has 1 aliphatic rings. The summed E-state index contributed by atoms with van der Waals surface area (Å²) in [5.41, 5.74) is 2.91. The number of nitrogens with one attached hydrogen (secondary N) is 1. The zero-order valence-electron chi connectivity index (χ0n) is 11.4. The van der Waals surface area contributed by atoms with Gasteiger partial charge in [-0.3, -0.25) is 0 Å². The number of halogens is 2. The molecule has 1 aliphatic carbocycles. The Labute approximate surface area is 133 Å². The highest BCUT2D eigenvalue weighted by atomic mass is 79.9. The molecule has 0 saturated carbocycles. The first-order valence-corrected chi connectivity index (χ1v) is 8.68. The quantitative estimate of drug-likeness (QED) is 0.635. The minimum atomic E-state index is 0.364. The number of hydrogen-bond donors (Lipinski definition) is 1. The van der Waals surface area contributed by atoms with E-state index >= 15 is 0 Å². The van der Waals surface area contributed by atoms with E-state index in [0.29, 0.717) is 6.04 Å². The molecular weight excluding hydrogens is 366 g/mol. The Kier molecular flexibility index (Phi) is 6.11. The van der Waals surface area contributed by atoms with Crippen molar-refractivity contribution < 1.29 is 0 Å². The van der Waals surface area contributed by atoms with Crippen LogP contribution < -0.4 is 5.32 Å². The van der Waals surface area contributed by atoms with Crippen LogP contribution in [0, 0.1) is 0 Å². The molecule has 1 aromatic rings. The van der Waals surface area contributed by atoms with Crippen molar-refractivity contribution in [3.8, 4) is 0 Å². The standard InChI is InChI=1S/C16H21Br2N/c1-2-10-19-16(12-6-4-3-5-7-12)14-9-8-13(17)11-15(14)18/h6,8-9,11,16,19H,2-5,7,10H2,1H3. The van der Waals surface area contributed by atoms with E-state index in [1.165, 1.54) is 35.7 Å². The molecule has 0 fully saturated rings. The lowest BCUT2D eigenvalue weighted by Crippen LogP contribution is -2.25. The van der Waals surface area contributed by atoms with Crippen LogP contribution in [0.4, 0.5) is 0 Å². The van der Waals surface area contributed by atoms with Gasteiger partial charge < -0.3 is 5.32 Å². The zero-order valence-corrected chi connectivity index (χ0v) is 14.6. The molecule has 1 nitrogen and oxygen atoms in total. The summed E-state index contributed by atoms with van der Waals surface area (Å²) in [5, 5.41) is 3.70. The molecule has 0 aliphatic heterocycles. The molecule has 1 N–H and O–H groups in total. The SMILES string of the molecule is CCCNC(C1=CCCCC1)c1ccc(Br)cc1Br. The van der Waals surface area contributed by atoms with Gasteiger partial charge in [0.05, 0.1) is 6.04 Å². The molecule has 104 valence electrons. The van der Waals surface area contributed by atoms with Crippen LogP contribution in [-0.2, 0) is 0 Å². The van der Waals surface area contributed by atoms with Gasteiger partial charge in [0.15, 0.2) is 0 Å². The molecule has 0 bridgehead atoms. The van der Waals surface area contributed by atoms with Gasteiger partial charge in [0.25, 0.3) is 0 Å². The molecule has 0 spiro atoms. The fourth-order valence-electron chi connectivity index (χ4n) is 2.59. The summed E-state index contributed by atoms with van der Waals surface area (Å²) in [4.78, 5) is 0. The maximum atomic E-state index is 3.71. The number of benzene rings is 1. The molecule has 0 radical (unpaired) electrons. The van der Waals surface area contributed by atoms with Crippen LogP contribution in [0.15, 0.2) is 38.8 Å². The van der Waals surface area contributed by atoms with E-state index in [9.17, 15) is 0 Å². The molecule has 0 amide bonds. The second kappa shape index (κ2) is 7.61. The Bertz CT molecular complexity index is 454. The van der Waals surface area contributed by atoms with E-state index < -0.39 is 0 Å². The molecule has 1 aromatic carbocycles. The first-order valence-electron chi connectivity index (χ1n) is 7.09. The molecule has 1 atom stereocenters. The highest BCUT2D eigenvalue weighted by molar-refractivity contribution is 9.11. The van der Waals surface area contributed by atoms with E-state index in [1.807, 2.05) is 0 Å². The van der Waals surface area contributed by atoms with Gasteiger partial charge in [-0.15, -0.1) is 0 Å². The van der Waals surface area contributed by atoms with Crippen LogP contribution in [0.5, 0.6) is 0 Å². The van der Waals surface area contributed by atoms with Crippen molar-refractivity contribution in [3.05, 3.63) is 44.4 Å². The van der Waals surface area contributed by atoms with Gasteiger partial charge in [-0.2, -0.15) is 0 Å². The third-order valence-corrected chi connectivity index (χ3v) is 4.75. The first kappa shape index (κ1) is 15.3. The Morgan fingerprint density at radius 3 is 2.74 bits per heavy atom. The average molecular weight is 387 g/mol. The van der Waals surface area contributed by atoms with Crippen LogP contribution in [0.25, 0.3) is 0 Å². The predicted octanol–water partition coefficient (Wildman–Crippen LogP) is 5.75. The molecule has 3 heteroatoms. The second-order valence-corrected chi connectivity index (χ2v) is 6.85. The van der Waals surface area contributed by atoms with Crippen LogP contribution in [-0.4, -0.2) is 6.54 Å². The monoisotopic (exact) mass is 385 g/mol. The minimum Gasteiger partial charge on any atom is -0.307 e. The van der Waals surface area contributed by atoms with Gasteiger partial charge in [0.2, 0.25) is 0 Å². The highest BCUT2D eigenvalue weighted by Crippen LogP contribution is 2.34. The van der Waals surface area contributed by atoms with Crippen molar-refractivity contribution in [2.75, 3.05) is 6.54 Å². The van der Waals surface area contributed by atoms with E-state index in [1.54, 1.807) is 5.57 Å². The van der Waals surface area contributed by atoms with Crippen molar-refractivity contribution in [1.82, 2.24) is 5.32 Å². The lowest BCUT2D eigenvalue weighted by molar-refractivity contribution is 0.545. The molecular formula is C16H21Br2N. The van der Waals surface area contributed by atoms with Crippen molar-refractivity contribution in [2.24, 2.45) is 0 Å². The van der Waals surface area contributed by atoms with Crippen molar-refractivity contribution in [1.29, 1.82) is 0 Å². The van der Waals surface area contributed by atoms with E-state index in [-0.39, 0.29) is 0 Å². The number of allylic oxidation sites excluding steroid dienone is 1. The Morgan fingerprint density at radius 1 is 1.26 bits per heavy atom. The topological polar surface area (TPSA) is 12.0 Å². The summed E-state index contributed by atoms with van der Waals surface area (Å²) in [6, 6.07) is 6.85. The Hall–Kier alpha value is -0.120. The fourth-order valence-corrected chi connectivity index (χ4v) is 3.87. The fraction of sp³-hybridized carbons (Fsp3) is 0.500. The maximum absolute atomic E-state index is 3.71. The molecule has 2 rings (SSSR count). The van der Waals surface area contributed by atoms with Gasteiger partial charge in [0.1, 0.15) is 0 Å². The van der Waals surface area contributed by atoms with Crippen LogP contribution in [0.2, 0.25) is 0 Å². The summed E-state index contributed by atoms with van der Waals surface area (Å²) in [5.74, 6) is 0. The second-order valence-electron chi connectivity index (χ2n) is 5.08. The third-order valence-electron chi connectivity index (χ3n) is 3.57. The average Bonchev–Trinajstić information content (AvgIpc) is 2.42. The van der Waals surface area contributed by atoms with Gasteiger partial charge in [0, 0.05) is 8.95 Å². The van der Waals surface area contributed by atoms with Crippen molar-refractivity contribution in [2.45, 2.75) is 45.1 Å². The summed E-state index contributed by atoms with van der Waals surface area (Å²) < 4.78 is 2.30. The van der Waals surface area contributed by atoms with E-state index in [2.05, 4.69) is 68.4 Å². The third kappa shape index (κ3) is 4.17. The Balaban J connectivity index is 2.27. The molecule has 0 saturated heterocycles. The van der Waals surface area contributed by atoms with Crippen LogP contribution >= 0.6 is 31.9 Å². The molecule has 19 heavy (non-hydrogen) atoms. The van der Waals surface area contributed by atoms with E-state index in [0.717, 1.165) is 17.4 Å². The Morgan fingerprint density at radius 2 is 2.11 bits per heavy atom. The summed E-state index contributed by atoms with van der Waals surface area (Å²) in [6.45, 7) is 3.28. The van der Waals surface area contributed by atoms with Gasteiger partial charge in [-0.25, -0.2) is 0 Å². The number of hydrogen-bond acceptors (Lipinski definition) is 1. The number of rotatable bonds is 5. The zero-order chi connectivity index (χ0) is 13.7.